The largest absolute Gasteiger partial charge is 0.479 e. The van der Waals surface area contributed by atoms with Gasteiger partial charge in [0, 0.05) is 19.0 Å². The Morgan fingerprint density at radius 2 is 1.88 bits per heavy atom. The van der Waals surface area contributed by atoms with E-state index >= 15 is 0 Å². The third-order valence-corrected chi connectivity index (χ3v) is 8.26. The molecule has 0 bridgehead atoms. The molecule has 2 aliphatic rings. The van der Waals surface area contributed by atoms with Crippen LogP contribution in [0.3, 0.4) is 0 Å². The van der Waals surface area contributed by atoms with E-state index in [-0.39, 0.29) is 0 Å². The summed E-state index contributed by atoms with van der Waals surface area (Å²) < 4.78 is 51.4. The molecule has 150 valence electrons. The Hall–Kier alpha value is 0.775. The predicted molar refractivity (Wildman–Crippen MR) is 89.4 cm³/mol. The Morgan fingerprint density at radius 1 is 1.19 bits per heavy atom. The third-order valence-electron chi connectivity index (χ3n) is 3.26. The number of ether oxygens (including phenoxy) is 3. The van der Waals surface area contributed by atoms with Crippen molar-refractivity contribution < 1.29 is 56.1 Å². The van der Waals surface area contributed by atoms with Gasteiger partial charge in [0.15, 0.2) is 6.29 Å². The quantitative estimate of drug-likeness (QED) is 0.277. The van der Waals surface area contributed by atoms with Crippen LogP contribution < -0.4 is 0 Å². The maximum Gasteiger partial charge on any atom is 0.479 e. The fourth-order valence-electron chi connectivity index (χ4n) is 2.36. The highest BCUT2D eigenvalue weighted by Crippen LogP contribution is 2.66. The van der Waals surface area contributed by atoms with Gasteiger partial charge in [-0.1, -0.05) is 0 Å². The highest BCUT2D eigenvalue weighted by molar-refractivity contribution is 8.09. The average Bonchev–Trinajstić information content (AvgIpc) is 3.02. The molecule has 2 fully saturated rings. The summed E-state index contributed by atoms with van der Waals surface area (Å²) in [5.41, 5.74) is 0. The summed E-state index contributed by atoms with van der Waals surface area (Å²) in [7, 11) is -4.58. The van der Waals surface area contributed by atoms with E-state index < -0.39 is 53.5 Å². The first-order valence-electron chi connectivity index (χ1n) is 7.32. The van der Waals surface area contributed by atoms with Crippen molar-refractivity contribution in [3.8, 4) is 0 Å². The van der Waals surface area contributed by atoms with Gasteiger partial charge >= 0.3 is 22.4 Å². The van der Waals surface area contributed by atoms with E-state index in [2.05, 4.69) is 25.0 Å². The second kappa shape index (κ2) is 9.07. The molecule has 2 saturated heterocycles. The van der Waals surface area contributed by atoms with Crippen LogP contribution in [0, 0.1) is 0 Å². The molecule has 0 saturated carbocycles. The minimum atomic E-state index is -5.24. The molecule has 2 heterocycles. The van der Waals surface area contributed by atoms with Crippen LogP contribution in [-0.4, -0.2) is 65.1 Å². The van der Waals surface area contributed by atoms with E-state index in [1.165, 1.54) is 0 Å². The van der Waals surface area contributed by atoms with Gasteiger partial charge in [-0.3, -0.25) is 4.52 Å². The van der Waals surface area contributed by atoms with E-state index in [1.54, 1.807) is 0 Å². The molecule has 6 atom stereocenters. The molecule has 2 aliphatic heterocycles. The van der Waals surface area contributed by atoms with Crippen LogP contribution in [0.15, 0.2) is 0 Å². The number of phosphoric acid groups is 2. The van der Waals surface area contributed by atoms with E-state index in [1.807, 2.05) is 0 Å². The van der Waals surface area contributed by atoms with Crippen molar-refractivity contribution in [2.75, 3.05) is 13.2 Å². The SMILES string of the molecule is [B]C1CC(OC2CCCO2)C(COP(=O)(O)OP(O)(=S)OP(=O)(O)O)O1. The molecule has 2 radical (unpaired) electrons. The number of hydrogen-bond acceptors (Lipinski definition) is 9. The Morgan fingerprint density at radius 3 is 2.46 bits per heavy atom. The van der Waals surface area contributed by atoms with Crippen LogP contribution >= 0.6 is 22.4 Å². The molecular formula is C9H18BO12P3S. The Labute approximate surface area is 155 Å². The third kappa shape index (κ3) is 8.02. The fraction of sp³-hybridized carbons (Fsp3) is 1.00. The van der Waals surface area contributed by atoms with E-state index in [0.29, 0.717) is 19.4 Å². The maximum absolute atomic E-state index is 11.8. The number of rotatable bonds is 9. The van der Waals surface area contributed by atoms with Crippen molar-refractivity contribution in [1.29, 1.82) is 0 Å². The van der Waals surface area contributed by atoms with Crippen LogP contribution in [0.1, 0.15) is 19.3 Å². The summed E-state index contributed by atoms with van der Waals surface area (Å²) in [6.07, 6.45) is -0.0213. The van der Waals surface area contributed by atoms with E-state index in [0.717, 1.165) is 6.42 Å². The standard InChI is InChI=1S/C9H18BO12P3S/c10-8-4-6(20-9-2-1-3-17-9)7(19-8)5-18-24(14,15)22-25(16,26)21-23(11,12)13/h6-9H,1-5H2,(H,14,15)(H,16,26)(H2,11,12,13). The highest BCUT2D eigenvalue weighted by atomic mass is 32.5. The van der Waals surface area contributed by atoms with Crippen molar-refractivity contribution >= 4 is 42.0 Å². The van der Waals surface area contributed by atoms with Crippen LogP contribution in [-0.2, 0) is 48.3 Å². The van der Waals surface area contributed by atoms with Gasteiger partial charge in [-0.15, -0.1) is 0 Å². The van der Waals surface area contributed by atoms with Gasteiger partial charge in [0.1, 0.15) is 14.0 Å². The smallest absolute Gasteiger partial charge is 0.380 e. The topological polar surface area (TPSA) is 170 Å². The van der Waals surface area contributed by atoms with Crippen molar-refractivity contribution in [2.45, 2.75) is 43.8 Å². The zero-order chi connectivity index (χ0) is 19.6. The summed E-state index contributed by atoms with van der Waals surface area (Å²) in [5.74, 6) is 0. The zero-order valence-electron chi connectivity index (χ0n) is 13.2. The molecule has 26 heavy (non-hydrogen) atoms. The second-order valence-electron chi connectivity index (χ2n) is 5.45. The molecule has 0 aromatic heterocycles. The van der Waals surface area contributed by atoms with Crippen LogP contribution in [0.2, 0.25) is 0 Å². The van der Waals surface area contributed by atoms with Gasteiger partial charge in [0.05, 0.1) is 12.7 Å². The van der Waals surface area contributed by atoms with Crippen LogP contribution in [0.5, 0.6) is 0 Å². The second-order valence-corrected chi connectivity index (χ2v) is 11.3. The summed E-state index contributed by atoms with van der Waals surface area (Å²) >= 11 is 4.25. The lowest BCUT2D eigenvalue weighted by atomic mass is 9.96. The minimum absolute atomic E-state index is 0.295. The average molecular weight is 454 g/mol. The summed E-state index contributed by atoms with van der Waals surface area (Å²) in [6, 6.07) is -0.685. The van der Waals surface area contributed by atoms with Crippen molar-refractivity contribution in [3.05, 3.63) is 0 Å². The van der Waals surface area contributed by atoms with Crippen LogP contribution in [0.4, 0.5) is 0 Å². The molecule has 0 aromatic carbocycles. The first-order valence-corrected chi connectivity index (χ1v) is 12.9. The fourth-order valence-corrected chi connectivity index (χ4v) is 6.93. The summed E-state index contributed by atoms with van der Waals surface area (Å²) in [4.78, 5) is 36.2. The number of hydrogen-bond donors (Lipinski definition) is 4. The Balaban J connectivity index is 1.89. The monoisotopic (exact) mass is 454 g/mol. The first kappa shape index (κ1) is 23.1. The van der Waals surface area contributed by atoms with Gasteiger partial charge in [-0.2, -0.15) is 0 Å². The highest BCUT2D eigenvalue weighted by Gasteiger charge is 2.40. The summed E-state index contributed by atoms with van der Waals surface area (Å²) in [5, 5.41) is 0. The van der Waals surface area contributed by atoms with Gasteiger partial charge in [0.25, 0.3) is 0 Å². The Bertz CT molecular complexity index is 623. The van der Waals surface area contributed by atoms with E-state index in [4.69, 9.17) is 31.8 Å². The predicted octanol–water partition coefficient (Wildman–Crippen LogP) is 0.251. The van der Waals surface area contributed by atoms with Crippen LogP contribution in [0.25, 0.3) is 0 Å². The van der Waals surface area contributed by atoms with Crippen molar-refractivity contribution in [3.63, 3.8) is 0 Å². The molecule has 12 nitrogen and oxygen atoms in total. The van der Waals surface area contributed by atoms with E-state index in [9.17, 15) is 18.9 Å². The molecule has 17 heteroatoms. The zero-order valence-corrected chi connectivity index (χ0v) is 16.7. The maximum atomic E-state index is 11.8. The first-order chi connectivity index (χ1) is 11.9. The molecule has 0 aliphatic carbocycles. The number of phosphoric ester groups is 1. The van der Waals surface area contributed by atoms with Gasteiger partial charge < -0.3 is 33.8 Å². The molecule has 6 unspecified atom stereocenters. The lowest BCUT2D eigenvalue weighted by Crippen LogP contribution is -2.32. The summed E-state index contributed by atoms with van der Waals surface area (Å²) in [6.45, 7) is -4.70. The Kier molecular flexibility index (Phi) is 8.04. The lowest BCUT2D eigenvalue weighted by molar-refractivity contribution is -0.160. The van der Waals surface area contributed by atoms with Gasteiger partial charge in [0.2, 0.25) is 0 Å². The molecular weight excluding hydrogens is 436 g/mol. The van der Waals surface area contributed by atoms with Gasteiger partial charge in [-0.05, 0) is 24.6 Å². The minimum Gasteiger partial charge on any atom is -0.380 e. The molecule has 2 rings (SSSR count). The normalized spacial score (nSPS) is 34.5. The van der Waals surface area contributed by atoms with Crippen molar-refractivity contribution in [1.82, 2.24) is 0 Å². The van der Waals surface area contributed by atoms with Crippen molar-refractivity contribution in [2.24, 2.45) is 0 Å². The van der Waals surface area contributed by atoms with Gasteiger partial charge in [-0.25, -0.2) is 17.8 Å². The molecule has 0 aromatic rings. The molecule has 0 amide bonds. The lowest BCUT2D eigenvalue weighted by Gasteiger charge is -2.24. The molecule has 4 N–H and O–H groups in total. The molecule has 0 spiro atoms.